The summed E-state index contributed by atoms with van der Waals surface area (Å²) >= 11 is 0. The van der Waals surface area contributed by atoms with Gasteiger partial charge in [-0.05, 0) is 30.2 Å². The molecule has 4 nitrogen and oxygen atoms in total. The zero-order valence-corrected chi connectivity index (χ0v) is 9.15. The minimum atomic E-state index is -0.712. The highest BCUT2D eigenvalue weighted by Gasteiger charge is 2.09. The van der Waals surface area contributed by atoms with Gasteiger partial charge in [0.05, 0.1) is 7.11 Å². The van der Waals surface area contributed by atoms with E-state index in [1.54, 1.807) is 44.4 Å². The van der Waals surface area contributed by atoms with Gasteiger partial charge >= 0.3 is 0 Å². The molecule has 1 aromatic rings. The smallest absolute Gasteiger partial charge is 0.259 e. The molecule has 0 radical (unpaired) electrons. The Balaban J connectivity index is 3.18. The zero-order chi connectivity index (χ0) is 12.1. The lowest BCUT2D eigenvalue weighted by Gasteiger charge is -2.04. The highest BCUT2D eigenvalue weighted by atomic mass is 16.5. The SMILES string of the molecule is COc1ccc(/C(C)=C(\C#N)C(N)=O)cc1. The molecule has 0 aliphatic rings. The lowest BCUT2D eigenvalue weighted by Crippen LogP contribution is -2.13. The van der Waals surface area contributed by atoms with Crippen molar-refractivity contribution < 1.29 is 9.53 Å². The fourth-order valence-corrected chi connectivity index (χ4v) is 1.31. The lowest BCUT2D eigenvalue weighted by molar-refractivity contribution is -0.114. The molecule has 0 saturated heterocycles. The van der Waals surface area contributed by atoms with Crippen molar-refractivity contribution in [3.8, 4) is 11.8 Å². The number of nitrogens with zero attached hydrogens (tertiary/aromatic N) is 1. The van der Waals surface area contributed by atoms with E-state index >= 15 is 0 Å². The second-order valence-electron chi connectivity index (χ2n) is 3.20. The predicted octanol–water partition coefficient (Wildman–Crippen LogP) is 1.48. The van der Waals surface area contributed by atoms with Gasteiger partial charge in [0, 0.05) is 0 Å². The second-order valence-corrected chi connectivity index (χ2v) is 3.20. The Morgan fingerprint density at radius 2 is 1.94 bits per heavy atom. The predicted molar refractivity (Wildman–Crippen MR) is 60.4 cm³/mol. The Bertz CT molecular complexity index is 467. The first-order chi connectivity index (χ1) is 7.60. The van der Waals surface area contributed by atoms with Crippen molar-refractivity contribution in [3.63, 3.8) is 0 Å². The Labute approximate surface area is 93.9 Å². The molecule has 4 heteroatoms. The average molecular weight is 216 g/mol. The van der Waals surface area contributed by atoms with Crippen LogP contribution in [0.25, 0.3) is 5.57 Å². The average Bonchev–Trinajstić information content (AvgIpc) is 2.29. The molecule has 0 spiro atoms. The molecule has 0 unspecified atom stereocenters. The Hall–Kier alpha value is -2.28. The Morgan fingerprint density at radius 3 is 2.31 bits per heavy atom. The van der Waals surface area contributed by atoms with Gasteiger partial charge in [-0.25, -0.2) is 0 Å². The molecule has 0 heterocycles. The summed E-state index contributed by atoms with van der Waals surface area (Å²) in [4.78, 5) is 11.0. The first-order valence-corrected chi connectivity index (χ1v) is 4.65. The van der Waals surface area contributed by atoms with Crippen molar-refractivity contribution in [2.24, 2.45) is 5.73 Å². The first kappa shape index (κ1) is 11.8. The number of hydrogen-bond acceptors (Lipinski definition) is 3. The number of carbonyl (C=O) groups excluding carboxylic acids is 1. The van der Waals surface area contributed by atoms with Crippen LogP contribution in [0.2, 0.25) is 0 Å². The maximum absolute atomic E-state index is 11.0. The van der Waals surface area contributed by atoms with Gasteiger partial charge in [0.2, 0.25) is 0 Å². The summed E-state index contributed by atoms with van der Waals surface area (Å²) in [6.07, 6.45) is 0. The third-order valence-electron chi connectivity index (χ3n) is 2.26. The quantitative estimate of drug-likeness (QED) is 0.614. The maximum Gasteiger partial charge on any atom is 0.259 e. The number of rotatable bonds is 3. The van der Waals surface area contributed by atoms with E-state index in [2.05, 4.69) is 0 Å². The van der Waals surface area contributed by atoms with Crippen LogP contribution in [0.1, 0.15) is 12.5 Å². The normalized spacial score (nSPS) is 11.3. The van der Waals surface area contributed by atoms with Crippen molar-refractivity contribution in [3.05, 3.63) is 35.4 Å². The molecule has 0 saturated carbocycles. The fourth-order valence-electron chi connectivity index (χ4n) is 1.31. The number of nitriles is 1. The molecule has 0 bridgehead atoms. The van der Waals surface area contributed by atoms with Crippen molar-refractivity contribution in [1.29, 1.82) is 5.26 Å². The number of nitrogens with two attached hydrogens (primary N) is 1. The molecular formula is C12H12N2O2. The van der Waals surface area contributed by atoms with Gasteiger partial charge < -0.3 is 10.5 Å². The van der Waals surface area contributed by atoms with E-state index < -0.39 is 5.91 Å². The molecule has 1 aromatic carbocycles. The Kier molecular flexibility index (Phi) is 3.67. The largest absolute Gasteiger partial charge is 0.497 e. The van der Waals surface area contributed by atoms with Crippen LogP contribution < -0.4 is 10.5 Å². The molecule has 0 atom stereocenters. The van der Waals surface area contributed by atoms with Crippen LogP contribution in [-0.4, -0.2) is 13.0 Å². The van der Waals surface area contributed by atoms with E-state index in [1.165, 1.54) is 0 Å². The van der Waals surface area contributed by atoms with Crippen LogP contribution in [0.3, 0.4) is 0 Å². The van der Waals surface area contributed by atoms with Gasteiger partial charge in [0.1, 0.15) is 17.4 Å². The van der Waals surface area contributed by atoms with Crippen LogP contribution in [0, 0.1) is 11.3 Å². The van der Waals surface area contributed by atoms with Crippen molar-refractivity contribution in [2.75, 3.05) is 7.11 Å². The number of primary amides is 1. The topological polar surface area (TPSA) is 76.1 Å². The molecule has 2 N–H and O–H groups in total. The highest BCUT2D eigenvalue weighted by Crippen LogP contribution is 2.20. The summed E-state index contributed by atoms with van der Waals surface area (Å²) in [5, 5.41) is 8.80. The lowest BCUT2D eigenvalue weighted by atomic mass is 10.0. The van der Waals surface area contributed by atoms with Gasteiger partial charge in [0.15, 0.2) is 0 Å². The van der Waals surface area contributed by atoms with Crippen molar-refractivity contribution in [2.45, 2.75) is 6.92 Å². The minimum absolute atomic E-state index is 0.0230. The zero-order valence-electron chi connectivity index (χ0n) is 9.15. The number of hydrogen-bond donors (Lipinski definition) is 1. The molecule has 0 aliphatic carbocycles. The van der Waals surface area contributed by atoms with E-state index in [-0.39, 0.29) is 5.57 Å². The highest BCUT2D eigenvalue weighted by molar-refractivity contribution is 6.03. The summed E-state index contributed by atoms with van der Waals surface area (Å²) in [6, 6.07) is 8.86. The van der Waals surface area contributed by atoms with Gasteiger partial charge in [-0.1, -0.05) is 12.1 Å². The standard InChI is InChI=1S/C12H12N2O2/c1-8(11(7-13)12(14)15)9-3-5-10(16-2)6-4-9/h3-6H,1-2H3,(H2,14,15)/b11-8+. The summed E-state index contributed by atoms with van der Waals surface area (Å²) in [5.41, 5.74) is 6.42. The molecule has 16 heavy (non-hydrogen) atoms. The monoisotopic (exact) mass is 216 g/mol. The van der Waals surface area contributed by atoms with Crippen LogP contribution in [0.4, 0.5) is 0 Å². The number of benzene rings is 1. The maximum atomic E-state index is 11.0. The number of carbonyl (C=O) groups is 1. The van der Waals surface area contributed by atoms with Crippen LogP contribution in [0.15, 0.2) is 29.8 Å². The fraction of sp³-hybridized carbons (Fsp3) is 0.167. The molecule has 0 aromatic heterocycles. The van der Waals surface area contributed by atoms with Crippen molar-refractivity contribution >= 4 is 11.5 Å². The summed E-state index contributed by atoms with van der Waals surface area (Å²) in [7, 11) is 1.57. The summed E-state index contributed by atoms with van der Waals surface area (Å²) < 4.78 is 5.01. The second kappa shape index (κ2) is 4.99. The van der Waals surface area contributed by atoms with Crippen LogP contribution in [-0.2, 0) is 4.79 Å². The van der Waals surface area contributed by atoms with E-state index in [0.717, 1.165) is 5.56 Å². The van der Waals surface area contributed by atoms with Gasteiger partial charge in [0.25, 0.3) is 5.91 Å². The van der Waals surface area contributed by atoms with Crippen LogP contribution in [0.5, 0.6) is 5.75 Å². The molecule has 1 amide bonds. The number of amides is 1. The third kappa shape index (κ3) is 2.39. The molecule has 0 aliphatic heterocycles. The van der Waals surface area contributed by atoms with Gasteiger partial charge in [-0.2, -0.15) is 5.26 Å². The van der Waals surface area contributed by atoms with E-state index in [0.29, 0.717) is 11.3 Å². The summed E-state index contributed by atoms with van der Waals surface area (Å²) in [5.74, 6) is 0.00458. The van der Waals surface area contributed by atoms with Gasteiger partial charge in [-0.15, -0.1) is 0 Å². The van der Waals surface area contributed by atoms with E-state index in [4.69, 9.17) is 15.7 Å². The molecule has 82 valence electrons. The number of methoxy groups -OCH3 is 1. The van der Waals surface area contributed by atoms with E-state index in [9.17, 15) is 4.79 Å². The summed E-state index contributed by atoms with van der Waals surface area (Å²) in [6.45, 7) is 1.69. The molecule has 1 rings (SSSR count). The van der Waals surface area contributed by atoms with Gasteiger partial charge in [-0.3, -0.25) is 4.79 Å². The minimum Gasteiger partial charge on any atom is -0.497 e. The van der Waals surface area contributed by atoms with E-state index in [1.807, 2.05) is 0 Å². The van der Waals surface area contributed by atoms with Crippen LogP contribution >= 0.6 is 0 Å². The molecular weight excluding hydrogens is 204 g/mol. The number of allylic oxidation sites excluding steroid dienone is 1. The molecule has 0 fully saturated rings. The third-order valence-corrected chi connectivity index (χ3v) is 2.26. The Morgan fingerprint density at radius 1 is 1.38 bits per heavy atom. The number of ether oxygens (including phenoxy) is 1. The first-order valence-electron chi connectivity index (χ1n) is 4.65. The van der Waals surface area contributed by atoms with Crippen molar-refractivity contribution in [1.82, 2.24) is 0 Å².